The van der Waals surface area contributed by atoms with Crippen LogP contribution in [0.3, 0.4) is 0 Å². The number of ether oxygens (including phenoxy) is 2. The zero-order valence-electron chi connectivity index (χ0n) is 15.3. The van der Waals surface area contributed by atoms with Gasteiger partial charge >= 0.3 is 0 Å². The molecule has 0 aliphatic carbocycles. The molecule has 9 heteroatoms. The van der Waals surface area contributed by atoms with Crippen LogP contribution in [-0.4, -0.2) is 31.6 Å². The van der Waals surface area contributed by atoms with Gasteiger partial charge in [-0.1, -0.05) is 29.8 Å². The van der Waals surface area contributed by atoms with Crippen LogP contribution in [0.2, 0.25) is 10.0 Å². The van der Waals surface area contributed by atoms with Crippen molar-refractivity contribution in [3.63, 3.8) is 0 Å². The van der Waals surface area contributed by atoms with E-state index in [1.807, 2.05) is 0 Å². The summed E-state index contributed by atoms with van der Waals surface area (Å²) in [7, 11) is 0. The van der Waals surface area contributed by atoms with Gasteiger partial charge in [0.1, 0.15) is 17.3 Å². The third kappa shape index (κ3) is 8.41. The first kappa shape index (κ1) is 22.5. The smallest absolute Gasteiger partial charge is 0.262 e. The van der Waals surface area contributed by atoms with Gasteiger partial charge in [-0.25, -0.2) is 4.39 Å². The first-order valence-corrected chi connectivity index (χ1v) is 9.29. The molecule has 29 heavy (non-hydrogen) atoms. The lowest BCUT2D eigenvalue weighted by Crippen LogP contribution is -2.32. The third-order valence-electron chi connectivity index (χ3n) is 3.51. The van der Waals surface area contributed by atoms with Gasteiger partial charge in [-0.05, 0) is 36.4 Å². The molecule has 0 aliphatic heterocycles. The van der Waals surface area contributed by atoms with Crippen LogP contribution >= 0.6 is 23.2 Å². The van der Waals surface area contributed by atoms with Gasteiger partial charge in [0.15, 0.2) is 13.2 Å². The molecule has 2 aromatic rings. The summed E-state index contributed by atoms with van der Waals surface area (Å²) >= 11 is 11.3. The van der Waals surface area contributed by atoms with E-state index in [0.29, 0.717) is 22.9 Å². The molecule has 6 nitrogen and oxygen atoms in total. The SMILES string of the molecule is C=C(CCNC(=O)COc1ccc(Cl)c(F)c1)NC(=O)COc1ccc(Cl)cc1. The van der Waals surface area contributed by atoms with E-state index in [-0.39, 0.29) is 36.4 Å². The predicted octanol–water partition coefficient (Wildman–Crippen LogP) is 3.73. The van der Waals surface area contributed by atoms with Crippen LogP contribution in [0, 0.1) is 5.82 Å². The van der Waals surface area contributed by atoms with Gasteiger partial charge in [-0.15, -0.1) is 0 Å². The number of carbonyl (C=O) groups is 2. The normalized spacial score (nSPS) is 10.2. The summed E-state index contributed by atoms with van der Waals surface area (Å²) in [5.41, 5.74) is 0.427. The van der Waals surface area contributed by atoms with Crippen molar-refractivity contribution in [3.8, 4) is 11.5 Å². The highest BCUT2D eigenvalue weighted by atomic mass is 35.5. The standard InChI is InChI=1S/C20H19Cl2FN2O4/c1-13(25-20(27)12-28-15-4-2-14(21)3-5-15)8-9-24-19(26)11-29-16-6-7-17(22)18(23)10-16/h2-7,10H,1,8-9,11-12H2,(H,24,26)(H,25,27). The first-order valence-electron chi connectivity index (χ1n) is 8.54. The number of carbonyl (C=O) groups excluding carboxylic acids is 2. The average Bonchev–Trinajstić information content (AvgIpc) is 2.68. The first-order chi connectivity index (χ1) is 13.8. The Hall–Kier alpha value is -2.77. The summed E-state index contributed by atoms with van der Waals surface area (Å²) < 4.78 is 23.8. The second-order valence-electron chi connectivity index (χ2n) is 5.86. The molecule has 0 saturated carbocycles. The van der Waals surface area contributed by atoms with Crippen molar-refractivity contribution < 1.29 is 23.5 Å². The number of hydrogen-bond donors (Lipinski definition) is 2. The maximum absolute atomic E-state index is 13.3. The maximum atomic E-state index is 13.3. The van der Waals surface area contributed by atoms with Gasteiger partial charge in [-0.2, -0.15) is 0 Å². The Bertz CT molecular complexity index is 875. The molecular formula is C20H19Cl2FN2O4. The highest BCUT2D eigenvalue weighted by Crippen LogP contribution is 2.20. The lowest BCUT2D eigenvalue weighted by molar-refractivity contribution is -0.123. The molecule has 154 valence electrons. The number of hydrogen-bond acceptors (Lipinski definition) is 4. The molecule has 2 N–H and O–H groups in total. The molecule has 0 radical (unpaired) electrons. The van der Waals surface area contributed by atoms with Crippen molar-refractivity contribution in [1.82, 2.24) is 10.6 Å². The minimum Gasteiger partial charge on any atom is -0.484 e. The molecule has 0 heterocycles. The molecule has 2 aromatic carbocycles. The molecule has 0 bridgehead atoms. The van der Waals surface area contributed by atoms with Crippen LogP contribution in [-0.2, 0) is 9.59 Å². The summed E-state index contributed by atoms with van der Waals surface area (Å²) in [4.78, 5) is 23.6. The van der Waals surface area contributed by atoms with Gasteiger partial charge in [0.2, 0.25) is 0 Å². The Balaban J connectivity index is 1.60. The van der Waals surface area contributed by atoms with Crippen LogP contribution in [0.15, 0.2) is 54.7 Å². The largest absolute Gasteiger partial charge is 0.484 e. The minimum absolute atomic E-state index is 0.0269. The van der Waals surface area contributed by atoms with E-state index in [2.05, 4.69) is 17.2 Å². The van der Waals surface area contributed by atoms with Crippen molar-refractivity contribution in [2.75, 3.05) is 19.8 Å². The fourth-order valence-electron chi connectivity index (χ4n) is 2.09. The minimum atomic E-state index is -0.628. The summed E-state index contributed by atoms with van der Waals surface area (Å²) in [6.07, 6.45) is 0.327. The van der Waals surface area contributed by atoms with Crippen molar-refractivity contribution in [2.45, 2.75) is 6.42 Å². The topological polar surface area (TPSA) is 76.7 Å². The number of nitrogens with one attached hydrogen (secondary N) is 2. The average molecular weight is 441 g/mol. The highest BCUT2D eigenvalue weighted by Gasteiger charge is 2.07. The molecule has 0 saturated heterocycles. The zero-order valence-corrected chi connectivity index (χ0v) is 16.9. The maximum Gasteiger partial charge on any atom is 0.262 e. The van der Waals surface area contributed by atoms with Crippen LogP contribution in [0.4, 0.5) is 4.39 Å². The Kier molecular flexibility index (Phi) is 8.76. The second kappa shape index (κ2) is 11.3. The van der Waals surface area contributed by atoms with Gasteiger partial charge in [0, 0.05) is 29.8 Å². The summed E-state index contributed by atoms with van der Waals surface area (Å²) in [6, 6.07) is 10.5. The Morgan fingerprint density at radius 3 is 2.28 bits per heavy atom. The lowest BCUT2D eigenvalue weighted by Gasteiger charge is -2.11. The van der Waals surface area contributed by atoms with E-state index in [0.717, 1.165) is 6.07 Å². The number of halogens is 3. The molecular weight excluding hydrogens is 422 g/mol. The molecule has 0 aromatic heterocycles. The number of rotatable bonds is 10. The molecule has 0 atom stereocenters. The molecule has 2 amide bonds. The Morgan fingerprint density at radius 2 is 1.59 bits per heavy atom. The van der Waals surface area contributed by atoms with Crippen LogP contribution in [0.25, 0.3) is 0 Å². The van der Waals surface area contributed by atoms with Gasteiger partial charge in [0.25, 0.3) is 11.8 Å². The second-order valence-corrected chi connectivity index (χ2v) is 6.70. The van der Waals surface area contributed by atoms with E-state index < -0.39 is 11.7 Å². The number of benzene rings is 2. The van der Waals surface area contributed by atoms with Crippen molar-refractivity contribution in [3.05, 3.63) is 70.6 Å². The summed E-state index contributed by atoms with van der Waals surface area (Å²) in [5.74, 6) is -0.686. The third-order valence-corrected chi connectivity index (χ3v) is 4.07. The van der Waals surface area contributed by atoms with E-state index >= 15 is 0 Å². The fraction of sp³-hybridized carbons (Fsp3) is 0.200. The van der Waals surface area contributed by atoms with E-state index in [4.69, 9.17) is 32.7 Å². The van der Waals surface area contributed by atoms with Crippen molar-refractivity contribution in [2.24, 2.45) is 0 Å². The molecule has 0 spiro atoms. The lowest BCUT2D eigenvalue weighted by atomic mass is 10.3. The molecule has 0 aliphatic rings. The van der Waals surface area contributed by atoms with Crippen LogP contribution in [0.5, 0.6) is 11.5 Å². The summed E-state index contributed by atoms with van der Waals surface area (Å²) in [6.45, 7) is 3.51. The Morgan fingerprint density at radius 1 is 0.966 bits per heavy atom. The van der Waals surface area contributed by atoms with Gasteiger partial charge < -0.3 is 20.1 Å². The zero-order chi connectivity index (χ0) is 21.2. The Labute approximate surface area is 177 Å². The number of amides is 2. The van der Waals surface area contributed by atoms with E-state index in [9.17, 15) is 14.0 Å². The molecule has 0 fully saturated rings. The van der Waals surface area contributed by atoms with Gasteiger partial charge in [-0.3, -0.25) is 9.59 Å². The quantitative estimate of drug-likeness (QED) is 0.589. The monoisotopic (exact) mass is 440 g/mol. The molecule has 0 unspecified atom stereocenters. The van der Waals surface area contributed by atoms with Crippen molar-refractivity contribution in [1.29, 1.82) is 0 Å². The van der Waals surface area contributed by atoms with Crippen molar-refractivity contribution >= 4 is 35.0 Å². The van der Waals surface area contributed by atoms with E-state index in [1.165, 1.54) is 12.1 Å². The van der Waals surface area contributed by atoms with Gasteiger partial charge in [0.05, 0.1) is 5.02 Å². The molecule has 2 rings (SSSR count). The predicted molar refractivity (Wildman–Crippen MR) is 109 cm³/mol. The van der Waals surface area contributed by atoms with Crippen LogP contribution < -0.4 is 20.1 Å². The highest BCUT2D eigenvalue weighted by molar-refractivity contribution is 6.30. The fourth-order valence-corrected chi connectivity index (χ4v) is 2.34. The van der Waals surface area contributed by atoms with E-state index in [1.54, 1.807) is 24.3 Å². The summed E-state index contributed by atoms with van der Waals surface area (Å²) in [5, 5.41) is 5.74. The van der Waals surface area contributed by atoms with Crippen LogP contribution in [0.1, 0.15) is 6.42 Å².